The number of imide groups is 1. The van der Waals surface area contributed by atoms with Gasteiger partial charge < -0.3 is 0 Å². The first-order chi connectivity index (χ1) is 9.91. The molecule has 7 heteroatoms. The lowest BCUT2D eigenvalue weighted by Gasteiger charge is -2.20. The minimum atomic E-state index is -3.60. The van der Waals surface area contributed by atoms with E-state index in [-0.39, 0.29) is 29.6 Å². The van der Waals surface area contributed by atoms with E-state index in [1.165, 1.54) is 16.4 Å². The van der Waals surface area contributed by atoms with Crippen LogP contribution >= 0.6 is 0 Å². The van der Waals surface area contributed by atoms with Gasteiger partial charge in [0.2, 0.25) is 21.8 Å². The second-order valence-corrected chi connectivity index (χ2v) is 6.65. The molecule has 1 aromatic carbocycles. The summed E-state index contributed by atoms with van der Waals surface area (Å²) in [5.41, 5.74) is 0.315. The molecule has 2 rings (SSSR count). The molecule has 0 saturated carbocycles. The van der Waals surface area contributed by atoms with Crippen molar-refractivity contribution in [2.45, 2.75) is 31.6 Å². The lowest BCUT2D eigenvalue weighted by molar-refractivity contribution is -0.121. The van der Waals surface area contributed by atoms with Crippen LogP contribution in [-0.2, 0) is 19.6 Å². The highest BCUT2D eigenvalue weighted by Crippen LogP contribution is 2.26. The summed E-state index contributed by atoms with van der Waals surface area (Å²) >= 11 is 0. The molecule has 1 fully saturated rings. The van der Waals surface area contributed by atoms with E-state index in [4.69, 9.17) is 0 Å². The molecule has 21 heavy (non-hydrogen) atoms. The Morgan fingerprint density at radius 2 is 1.67 bits per heavy atom. The summed E-state index contributed by atoms with van der Waals surface area (Å²) in [6, 6.07) is 5.98. The third kappa shape index (κ3) is 2.84. The van der Waals surface area contributed by atoms with Crippen molar-refractivity contribution in [1.29, 1.82) is 0 Å². The topological polar surface area (TPSA) is 74.8 Å². The molecule has 0 unspecified atom stereocenters. The first-order valence-corrected chi connectivity index (χ1v) is 8.31. The van der Waals surface area contributed by atoms with Crippen LogP contribution in [0.4, 0.5) is 5.69 Å². The average Bonchev–Trinajstić information content (AvgIpc) is 2.79. The minimum absolute atomic E-state index is 0.0937. The van der Waals surface area contributed by atoms with Crippen LogP contribution in [0.2, 0.25) is 0 Å². The van der Waals surface area contributed by atoms with E-state index in [9.17, 15) is 18.0 Å². The highest BCUT2D eigenvalue weighted by atomic mass is 32.2. The summed E-state index contributed by atoms with van der Waals surface area (Å²) in [6.45, 7) is 4.26. The summed E-state index contributed by atoms with van der Waals surface area (Å²) in [5.74, 6) is -0.588. The number of carbonyl (C=O) groups excluding carboxylic acids is 2. The zero-order valence-corrected chi connectivity index (χ0v) is 12.9. The van der Waals surface area contributed by atoms with Crippen LogP contribution in [0, 0.1) is 0 Å². The maximum Gasteiger partial charge on any atom is 0.243 e. The summed E-state index contributed by atoms with van der Waals surface area (Å²) in [7, 11) is -3.60. The molecular formula is C14H18N2O4S. The SMILES string of the molecule is CCN(CC)S(=O)(=O)c1cccc(N2C(=O)CCC2=O)c1. The molecule has 0 N–H and O–H groups in total. The summed E-state index contributed by atoms with van der Waals surface area (Å²) in [6.07, 6.45) is 0.345. The summed E-state index contributed by atoms with van der Waals surface area (Å²) in [5, 5.41) is 0. The molecule has 0 radical (unpaired) electrons. The van der Waals surface area contributed by atoms with E-state index < -0.39 is 10.0 Å². The molecule has 2 amide bonds. The van der Waals surface area contributed by atoms with Gasteiger partial charge in [-0.3, -0.25) is 14.5 Å². The van der Waals surface area contributed by atoms with Crippen molar-refractivity contribution in [3.8, 4) is 0 Å². The molecule has 1 heterocycles. The smallest absolute Gasteiger partial charge is 0.243 e. The molecule has 0 bridgehead atoms. The molecule has 0 aliphatic carbocycles. The first-order valence-electron chi connectivity index (χ1n) is 6.87. The van der Waals surface area contributed by atoms with E-state index in [0.717, 1.165) is 4.90 Å². The molecule has 1 saturated heterocycles. The molecule has 0 spiro atoms. The van der Waals surface area contributed by atoms with Gasteiger partial charge in [-0.05, 0) is 18.2 Å². The fourth-order valence-electron chi connectivity index (χ4n) is 2.36. The van der Waals surface area contributed by atoms with E-state index in [1.807, 2.05) is 0 Å². The van der Waals surface area contributed by atoms with Crippen molar-refractivity contribution in [2.75, 3.05) is 18.0 Å². The molecule has 1 aliphatic heterocycles. The quantitative estimate of drug-likeness (QED) is 0.770. The van der Waals surface area contributed by atoms with Crippen molar-refractivity contribution in [3.05, 3.63) is 24.3 Å². The van der Waals surface area contributed by atoms with Crippen LogP contribution in [0.1, 0.15) is 26.7 Å². The molecule has 1 aliphatic rings. The monoisotopic (exact) mass is 310 g/mol. The normalized spacial score (nSPS) is 16.0. The maximum atomic E-state index is 12.5. The van der Waals surface area contributed by atoms with E-state index in [1.54, 1.807) is 26.0 Å². The number of anilines is 1. The second kappa shape index (κ2) is 5.95. The zero-order chi connectivity index (χ0) is 15.6. The lowest BCUT2D eigenvalue weighted by atomic mass is 10.3. The standard InChI is InChI=1S/C14H18N2O4S/c1-3-15(4-2)21(19,20)12-7-5-6-11(10-12)16-13(17)8-9-14(16)18/h5-7,10H,3-4,8-9H2,1-2H3. The average molecular weight is 310 g/mol. The Morgan fingerprint density at radius 3 is 2.19 bits per heavy atom. The van der Waals surface area contributed by atoms with Crippen LogP contribution in [0.3, 0.4) is 0 Å². The van der Waals surface area contributed by atoms with Gasteiger partial charge in [0, 0.05) is 25.9 Å². The Morgan fingerprint density at radius 1 is 1.10 bits per heavy atom. The Hall–Kier alpha value is -1.73. The number of carbonyl (C=O) groups is 2. The zero-order valence-electron chi connectivity index (χ0n) is 12.1. The van der Waals surface area contributed by atoms with Gasteiger partial charge in [0.1, 0.15) is 0 Å². The van der Waals surface area contributed by atoms with Crippen molar-refractivity contribution in [1.82, 2.24) is 4.31 Å². The number of amides is 2. The van der Waals surface area contributed by atoms with Crippen LogP contribution < -0.4 is 4.90 Å². The molecule has 114 valence electrons. The van der Waals surface area contributed by atoms with Gasteiger partial charge in [-0.2, -0.15) is 4.31 Å². The second-order valence-electron chi connectivity index (χ2n) is 4.71. The number of benzene rings is 1. The molecule has 0 atom stereocenters. The fourth-order valence-corrected chi connectivity index (χ4v) is 3.86. The highest BCUT2D eigenvalue weighted by molar-refractivity contribution is 7.89. The van der Waals surface area contributed by atoms with Crippen LogP contribution in [0.5, 0.6) is 0 Å². The molecule has 1 aromatic rings. The Kier molecular flexibility index (Phi) is 4.43. The van der Waals surface area contributed by atoms with Gasteiger partial charge in [-0.25, -0.2) is 8.42 Å². The Balaban J connectivity index is 2.43. The predicted molar refractivity (Wildman–Crippen MR) is 78.3 cm³/mol. The van der Waals surface area contributed by atoms with Gasteiger partial charge in [-0.15, -0.1) is 0 Å². The number of hydrogen-bond acceptors (Lipinski definition) is 4. The van der Waals surface area contributed by atoms with Crippen LogP contribution in [0.25, 0.3) is 0 Å². The first kappa shape index (κ1) is 15.7. The van der Waals surface area contributed by atoms with Gasteiger partial charge in [0.15, 0.2) is 0 Å². The summed E-state index contributed by atoms with van der Waals surface area (Å²) in [4.78, 5) is 24.6. The van der Waals surface area contributed by atoms with Gasteiger partial charge >= 0.3 is 0 Å². The van der Waals surface area contributed by atoms with Crippen molar-refractivity contribution >= 4 is 27.5 Å². The number of hydrogen-bond donors (Lipinski definition) is 0. The Labute approximate surface area is 124 Å². The third-order valence-corrected chi connectivity index (χ3v) is 5.52. The third-order valence-electron chi connectivity index (χ3n) is 3.47. The van der Waals surface area contributed by atoms with E-state index >= 15 is 0 Å². The van der Waals surface area contributed by atoms with E-state index in [0.29, 0.717) is 18.8 Å². The molecule has 0 aromatic heterocycles. The number of nitrogens with zero attached hydrogens (tertiary/aromatic N) is 2. The van der Waals surface area contributed by atoms with Gasteiger partial charge in [0.05, 0.1) is 10.6 Å². The van der Waals surface area contributed by atoms with Crippen LogP contribution in [0.15, 0.2) is 29.2 Å². The summed E-state index contributed by atoms with van der Waals surface area (Å²) < 4.78 is 26.3. The highest BCUT2D eigenvalue weighted by Gasteiger charge is 2.31. The minimum Gasteiger partial charge on any atom is -0.274 e. The van der Waals surface area contributed by atoms with Crippen molar-refractivity contribution < 1.29 is 18.0 Å². The van der Waals surface area contributed by atoms with Crippen molar-refractivity contribution in [3.63, 3.8) is 0 Å². The number of sulfonamides is 1. The van der Waals surface area contributed by atoms with Gasteiger partial charge in [-0.1, -0.05) is 19.9 Å². The fraction of sp³-hybridized carbons (Fsp3) is 0.429. The Bertz CT molecular complexity index is 649. The molecule has 6 nitrogen and oxygen atoms in total. The number of rotatable bonds is 5. The molecular weight excluding hydrogens is 292 g/mol. The van der Waals surface area contributed by atoms with Crippen LogP contribution in [-0.4, -0.2) is 37.6 Å². The van der Waals surface area contributed by atoms with Crippen molar-refractivity contribution in [2.24, 2.45) is 0 Å². The predicted octanol–water partition coefficient (Wildman–Crippen LogP) is 1.37. The van der Waals surface area contributed by atoms with E-state index in [2.05, 4.69) is 0 Å². The lowest BCUT2D eigenvalue weighted by Crippen LogP contribution is -2.31. The van der Waals surface area contributed by atoms with Gasteiger partial charge in [0.25, 0.3) is 0 Å². The maximum absolute atomic E-state index is 12.5. The largest absolute Gasteiger partial charge is 0.274 e.